The molecule has 5 nitrogen and oxygen atoms in total. The monoisotopic (exact) mass is 375 g/mol. The molecule has 0 aliphatic heterocycles. The molecule has 0 saturated heterocycles. The Kier molecular flexibility index (Phi) is 5.64. The van der Waals surface area contributed by atoms with Gasteiger partial charge in [0.1, 0.15) is 0 Å². The van der Waals surface area contributed by atoms with Gasteiger partial charge in [-0.15, -0.1) is 6.42 Å². The van der Waals surface area contributed by atoms with Gasteiger partial charge in [0, 0.05) is 18.7 Å². The highest BCUT2D eigenvalue weighted by Gasteiger charge is 2.08. The van der Waals surface area contributed by atoms with Crippen LogP contribution in [-0.2, 0) is 16.1 Å². The van der Waals surface area contributed by atoms with Crippen LogP contribution in [-0.4, -0.2) is 16.4 Å². The molecule has 0 aliphatic rings. The lowest BCUT2D eigenvalue weighted by molar-refractivity contribution is -0.114. The van der Waals surface area contributed by atoms with Gasteiger partial charge in [0.2, 0.25) is 5.91 Å². The third-order valence-electron chi connectivity index (χ3n) is 3.68. The maximum absolute atomic E-state index is 12.3. The number of terminal acetylenes is 1. The lowest BCUT2D eigenvalue weighted by Gasteiger charge is -2.03. The van der Waals surface area contributed by atoms with Crippen molar-refractivity contribution < 1.29 is 9.59 Å². The molecule has 2 aromatic carbocycles. The number of hydrogen-bond donors (Lipinski definition) is 1. The first-order valence-corrected chi connectivity index (χ1v) is 9.05. The Hall–Kier alpha value is -3.43. The molecule has 1 heterocycles. The summed E-state index contributed by atoms with van der Waals surface area (Å²) < 4.78 is 2.70. The predicted molar refractivity (Wildman–Crippen MR) is 109 cm³/mol. The van der Waals surface area contributed by atoms with Gasteiger partial charge in [-0.2, -0.15) is 4.99 Å². The molecule has 0 atom stereocenters. The fraction of sp³-hybridized carbons (Fsp3) is 0.0952. The van der Waals surface area contributed by atoms with Gasteiger partial charge in [0.15, 0.2) is 4.80 Å². The number of fused-ring (bicyclic) bond motifs is 1. The molecular formula is C21H17N3O2S. The zero-order chi connectivity index (χ0) is 19.2. The van der Waals surface area contributed by atoms with Crippen LogP contribution in [0.5, 0.6) is 0 Å². The van der Waals surface area contributed by atoms with Crippen molar-refractivity contribution in [2.45, 2.75) is 13.5 Å². The summed E-state index contributed by atoms with van der Waals surface area (Å²) in [6, 6.07) is 15.0. The molecule has 3 rings (SSSR count). The molecule has 0 spiro atoms. The summed E-state index contributed by atoms with van der Waals surface area (Å²) in [6.07, 6.45) is 8.63. The Morgan fingerprint density at radius 1 is 1.26 bits per heavy atom. The summed E-state index contributed by atoms with van der Waals surface area (Å²) in [4.78, 5) is 28.2. The number of carbonyl (C=O) groups is 2. The molecule has 3 aromatic rings. The van der Waals surface area contributed by atoms with Crippen molar-refractivity contribution in [3.63, 3.8) is 0 Å². The maximum Gasteiger partial charge on any atom is 0.272 e. The topological polar surface area (TPSA) is 63.5 Å². The van der Waals surface area contributed by atoms with E-state index in [9.17, 15) is 9.59 Å². The Morgan fingerprint density at radius 3 is 2.74 bits per heavy atom. The van der Waals surface area contributed by atoms with Crippen LogP contribution >= 0.6 is 11.3 Å². The molecule has 0 aliphatic carbocycles. The summed E-state index contributed by atoms with van der Waals surface area (Å²) >= 11 is 1.35. The third-order valence-corrected chi connectivity index (χ3v) is 4.72. The van der Waals surface area contributed by atoms with Crippen LogP contribution < -0.4 is 10.1 Å². The highest BCUT2D eigenvalue weighted by molar-refractivity contribution is 7.16. The smallest absolute Gasteiger partial charge is 0.272 e. The number of rotatable bonds is 4. The number of benzene rings is 2. The van der Waals surface area contributed by atoms with Crippen molar-refractivity contribution in [3.8, 4) is 12.3 Å². The quantitative estimate of drug-likeness (QED) is 0.561. The number of hydrogen-bond acceptors (Lipinski definition) is 3. The Balaban J connectivity index is 1.98. The van der Waals surface area contributed by atoms with Crippen LogP contribution in [0.2, 0.25) is 0 Å². The second-order valence-electron chi connectivity index (χ2n) is 5.73. The van der Waals surface area contributed by atoms with Crippen molar-refractivity contribution in [3.05, 3.63) is 65.0 Å². The fourth-order valence-electron chi connectivity index (χ4n) is 2.55. The van der Waals surface area contributed by atoms with Gasteiger partial charge in [-0.05, 0) is 29.8 Å². The molecule has 0 saturated carbocycles. The molecule has 0 fully saturated rings. The molecular weight excluding hydrogens is 358 g/mol. The van der Waals surface area contributed by atoms with Crippen molar-refractivity contribution in [1.29, 1.82) is 0 Å². The summed E-state index contributed by atoms with van der Waals surface area (Å²) in [6.45, 7) is 1.75. The van der Waals surface area contributed by atoms with Crippen LogP contribution in [0.25, 0.3) is 16.3 Å². The molecule has 1 N–H and O–H groups in total. The van der Waals surface area contributed by atoms with Crippen molar-refractivity contribution >= 4 is 45.1 Å². The van der Waals surface area contributed by atoms with E-state index in [0.29, 0.717) is 17.0 Å². The van der Waals surface area contributed by atoms with Gasteiger partial charge in [0.25, 0.3) is 5.91 Å². The summed E-state index contributed by atoms with van der Waals surface area (Å²) in [5.74, 6) is 2.08. The number of carbonyl (C=O) groups excluding carboxylic acids is 2. The molecule has 1 aromatic heterocycles. The normalized spacial score (nSPS) is 11.6. The third kappa shape index (κ3) is 4.60. The van der Waals surface area contributed by atoms with E-state index in [1.165, 1.54) is 24.3 Å². The highest BCUT2D eigenvalue weighted by atomic mass is 32.1. The maximum atomic E-state index is 12.3. The Bertz CT molecular complexity index is 1130. The molecule has 0 unspecified atom stereocenters. The standard InChI is InChI=1S/C21H17N3O2S/c1-3-13-24-18-11-10-17(22-15(2)25)14-19(18)27-21(24)23-20(26)12-9-16-7-5-4-6-8-16/h1,4-12,14H,13H2,2H3,(H,22,25). The van der Waals surface area contributed by atoms with Crippen LogP contribution in [0.1, 0.15) is 12.5 Å². The first-order chi connectivity index (χ1) is 13.1. The van der Waals surface area contributed by atoms with Gasteiger partial charge >= 0.3 is 0 Å². The van der Waals surface area contributed by atoms with Crippen LogP contribution in [0.15, 0.2) is 59.6 Å². The zero-order valence-electron chi connectivity index (χ0n) is 14.7. The van der Waals surface area contributed by atoms with Crippen molar-refractivity contribution in [2.24, 2.45) is 4.99 Å². The minimum atomic E-state index is -0.363. The summed E-state index contributed by atoms with van der Waals surface area (Å²) in [5.41, 5.74) is 2.48. The lowest BCUT2D eigenvalue weighted by atomic mass is 10.2. The summed E-state index contributed by atoms with van der Waals surface area (Å²) in [5, 5.41) is 2.75. The van der Waals surface area contributed by atoms with E-state index in [0.717, 1.165) is 15.8 Å². The van der Waals surface area contributed by atoms with E-state index >= 15 is 0 Å². The van der Waals surface area contributed by atoms with Gasteiger partial charge in [0.05, 0.1) is 16.8 Å². The van der Waals surface area contributed by atoms with Gasteiger partial charge in [-0.3, -0.25) is 9.59 Å². The van der Waals surface area contributed by atoms with E-state index < -0.39 is 0 Å². The minimum Gasteiger partial charge on any atom is -0.326 e. The Morgan fingerprint density at radius 2 is 2.04 bits per heavy atom. The molecule has 2 amide bonds. The number of aromatic nitrogens is 1. The number of anilines is 1. The average Bonchev–Trinajstić information content (AvgIpc) is 2.97. The fourth-order valence-corrected chi connectivity index (χ4v) is 3.62. The second-order valence-corrected chi connectivity index (χ2v) is 6.74. The van der Waals surface area contributed by atoms with E-state index in [2.05, 4.69) is 16.2 Å². The van der Waals surface area contributed by atoms with E-state index in [4.69, 9.17) is 6.42 Å². The predicted octanol–water partition coefficient (Wildman–Crippen LogP) is 3.44. The highest BCUT2D eigenvalue weighted by Crippen LogP contribution is 2.22. The first-order valence-electron chi connectivity index (χ1n) is 8.23. The molecule has 6 heteroatoms. The van der Waals surface area contributed by atoms with E-state index in [1.807, 2.05) is 47.0 Å². The first kappa shape index (κ1) is 18.4. The second kappa shape index (κ2) is 8.30. The van der Waals surface area contributed by atoms with Crippen LogP contribution in [0, 0.1) is 12.3 Å². The summed E-state index contributed by atoms with van der Waals surface area (Å²) in [7, 11) is 0. The SMILES string of the molecule is C#CCn1c(=NC(=O)C=Cc2ccccc2)sc2cc(NC(C)=O)ccc21. The molecule has 134 valence electrons. The minimum absolute atomic E-state index is 0.145. The van der Waals surface area contributed by atoms with Crippen molar-refractivity contribution in [1.82, 2.24) is 4.57 Å². The number of amides is 2. The molecule has 27 heavy (non-hydrogen) atoms. The van der Waals surface area contributed by atoms with Gasteiger partial charge < -0.3 is 9.88 Å². The van der Waals surface area contributed by atoms with Gasteiger partial charge in [-0.1, -0.05) is 47.6 Å². The molecule has 0 radical (unpaired) electrons. The van der Waals surface area contributed by atoms with Crippen LogP contribution in [0.3, 0.4) is 0 Å². The number of thiazole rings is 1. The van der Waals surface area contributed by atoms with Crippen molar-refractivity contribution in [2.75, 3.05) is 5.32 Å². The zero-order valence-corrected chi connectivity index (χ0v) is 15.5. The van der Waals surface area contributed by atoms with Gasteiger partial charge in [-0.25, -0.2) is 0 Å². The Labute approximate surface area is 160 Å². The molecule has 0 bridgehead atoms. The number of nitrogens with one attached hydrogen (secondary N) is 1. The lowest BCUT2D eigenvalue weighted by Crippen LogP contribution is -2.15. The average molecular weight is 375 g/mol. The van der Waals surface area contributed by atoms with Crippen LogP contribution in [0.4, 0.5) is 5.69 Å². The largest absolute Gasteiger partial charge is 0.326 e. The van der Waals surface area contributed by atoms with E-state index in [1.54, 1.807) is 12.1 Å². The van der Waals surface area contributed by atoms with E-state index in [-0.39, 0.29) is 11.8 Å². The number of nitrogens with zero attached hydrogens (tertiary/aromatic N) is 2.